The van der Waals surface area contributed by atoms with Crippen molar-refractivity contribution in [1.29, 1.82) is 0 Å². The highest BCUT2D eigenvalue weighted by Crippen LogP contribution is 2.17. The lowest BCUT2D eigenvalue weighted by Gasteiger charge is -2.20. The molecule has 0 aliphatic carbocycles. The summed E-state index contributed by atoms with van der Waals surface area (Å²) in [7, 11) is 0. The maximum atomic E-state index is 11.6. The normalized spacial score (nSPS) is 15.8. The summed E-state index contributed by atoms with van der Waals surface area (Å²) in [5, 5.41) is 17.3. The molecule has 0 spiro atoms. The van der Waals surface area contributed by atoms with Gasteiger partial charge in [0.25, 0.3) is 0 Å². The number of amides is 2. The zero-order valence-corrected chi connectivity index (χ0v) is 12.0. The average Bonchev–Trinajstić information content (AvgIpc) is 2.88. The van der Waals surface area contributed by atoms with Gasteiger partial charge in [-0.1, -0.05) is 26.3 Å². The van der Waals surface area contributed by atoms with E-state index < -0.39 is 6.10 Å². The van der Waals surface area contributed by atoms with Gasteiger partial charge in [0, 0.05) is 10.9 Å². The van der Waals surface area contributed by atoms with Gasteiger partial charge >= 0.3 is 6.03 Å². The first-order valence-corrected chi connectivity index (χ1v) is 7.18. The molecule has 0 unspecified atom stereocenters. The fourth-order valence-corrected chi connectivity index (χ4v) is 2.24. The molecular weight excluding hydrogens is 248 g/mol. The first-order chi connectivity index (χ1) is 8.54. The van der Waals surface area contributed by atoms with E-state index >= 15 is 0 Å². The van der Waals surface area contributed by atoms with Gasteiger partial charge in [-0.15, -0.1) is 11.3 Å². The molecule has 5 heteroatoms. The Bertz CT molecular complexity index is 354. The summed E-state index contributed by atoms with van der Waals surface area (Å²) in [4.78, 5) is 12.5. The number of rotatable bonds is 6. The molecule has 0 aromatic carbocycles. The Morgan fingerprint density at radius 1 is 1.50 bits per heavy atom. The van der Waals surface area contributed by atoms with Crippen molar-refractivity contribution in [2.75, 3.05) is 6.54 Å². The van der Waals surface area contributed by atoms with Crippen LogP contribution in [0.15, 0.2) is 17.5 Å². The fourth-order valence-electron chi connectivity index (χ4n) is 1.52. The molecule has 1 aromatic heterocycles. The summed E-state index contributed by atoms with van der Waals surface area (Å²) in [6, 6.07) is 3.65. The van der Waals surface area contributed by atoms with Crippen molar-refractivity contribution in [2.45, 2.75) is 39.3 Å². The monoisotopic (exact) mass is 270 g/mol. The number of aliphatic hydroxyl groups is 1. The molecule has 3 atom stereocenters. The summed E-state index contributed by atoms with van der Waals surface area (Å²) in [5.74, 6) is 0.443. The smallest absolute Gasteiger partial charge is 0.315 e. The van der Waals surface area contributed by atoms with Crippen LogP contribution in [-0.2, 0) is 0 Å². The maximum Gasteiger partial charge on any atom is 0.315 e. The first-order valence-electron chi connectivity index (χ1n) is 6.30. The van der Waals surface area contributed by atoms with Gasteiger partial charge in [-0.3, -0.25) is 0 Å². The van der Waals surface area contributed by atoms with Crippen LogP contribution < -0.4 is 10.6 Å². The third kappa shape index (κ3) is 4.66. The second kappa shape index (κ2) is 7.38. The van der Waals surface area contributed by atoms with E-state index in [9.17, 15) is 9.90 Å². The zero-order valence-electron chi connectivity index (χ0n) is 11.1. The van der Waals surface area contributed by atoms with Crippen molar-refractivity contribution >= 4 is 17.4 Å². The van der Waals surface area contributed by atoms with Crippen molar-refractivity contribution in [1.82, 2.24) is 10.6 Å². The van der Waals surface area contributed by atoms with E-state index in [1.807, 2.05) is 24.4 Å². The number of nitrogens with one attached hydrogen (secondary N) is 2. The van der Waals surface area contributed by atoms with Crippen molar-refractivity contribution in [3.8, 4) is 0 Å². The number of urea groups is 1. The van der Waals surface area contributed by atoms with Crippen molar-refractivity contribution in [3.05, 3.63) is 22.4 Å². The molecule has 18 heavy (non-hydrogen) atoms. The molecule has 0 aliphatic rings. The third-order valence-corrected chi connectivity index (χ3v) is 4.16. The predicted molar refractivity (Wildman–Crippen MR) is 74.7 cm³/mol. The van der Waals surface area contributed by atoms with E-state index in [-0.39, 0.29) is 18.6 Å². The van der Waals surface area contributed by atoms with Crippen LogP contribution >= 0.6 is 11.3 Å². The molecule has 3 N–H and O–H groups in total. The van der Waals surface area contributed by atoms with Gasteiger partial charge in [0.05, 0.1) is 6.54 Å². The maximum absolute atomic E-state index is 11.6. The van der Waals surface area contributed by atoms with Crippen LogP contribution in [0.25, 0.3) is 0 Å². The number of hydrogen-bond acceptors (Lipinski definition) is 3. The lowest BCUT2D eigenvalue weighted by Crippen LogP contribution is -2.44. The Morgan fingerprint density at radius 2 is 2.22 bits per heavy atom. The van der Waals surface area contributed by atoms with Gasteiger partial charge < -0.3 is 15.7 Å². The molecule has 0 saturated carbocycles. The number of aliphatic hydroxyl groups excluding tert-OH is 1. The van der Waals surface area contributed by atoms with Crippen LogP contribution in [0.1, 0.15) is 38.2 Å². The summed E-state index contributed by atoms with van der Waals surface area (Å²) in [5.41, 5.74) is 0. The Labute approximate surface area is 112 Å². The molecule has 1 rings (SSSR count). The highest BCUT2D eigenvalue weighted by molar-refractivity contribution is 7.10. The number of carbonyl (C=O) groups excluding carboxylic acids is 1. The minimum Gasteiger partial charge on any atom is -0.386 e. The van der Waals surface area contributed by atoms with E-state index in [4.69, 9.17) is 0 Å². The van der Waals surface area contributed by atoms with E-state index in [1.54, 1.807) is 0 Å². The summed E-state index contributed by atoms with van der Waals surface area (Å²) < 4.78 is 0. The Morgan fingerprint density at radius 3 is 2.78 bits per heavy atom. The Balaban J connectivity index is 2.29. The number of carbonyl (C=O) groups is 1. The zero-order chi connectivity index (χ0) is 13.5. The van der Waals surface area contributed by atoms with E-state index in [0.717, 1.165) is 11.3 Å². The summed E-state index contributed by atoms with van der Waals surface area (Å²) in [6.07, 6.45) is 0.397. The van der Waals surface area contributed by atoms with E-state index in [0.29, 0.717) is 5.92 Å². The molecule has 4 nitrogen and oxygen atoms in total. The molecule has 0 fully saturated rings. The Kier molecular flexibility index (Phi) is 6.15. The van der Waals surface area contributed by atoms with Gasteiger partial charge in [-0.05, 0) is 24.3 Å². The first kappa shape index (κ1) is 15.0. The van der Waals surface area contributed by atoms with E-state index in [1.165, 1.54) is 11.3 Å². The molecule has 1 heterocycles. The van der Waals surface area contributed by atoms with Crippen LogP contribution in [0.3, 0.4) is 0 Å². The Hall–Kier alpha value is -1.07. The van der Waals surface area contributed by atoms with Crippen LogP contribution in [0.4, 0.5) is 4.79 Å². The van der Waals surface area contributed by atoms with Gasteiger partial charge in [0.2, 0.25) is 0 Å². The van der Waals surface area contributed by atoms with Crippen LogP contribution in [0.2, 0.25) is 0 Å². The van der Waals surface area contributed by atoms with Crippen LogP contribution in [0, 0.1) is 5.92 Å². The number of hydrogen-bond donors (Lipinski definition) is 3. The SMILES string of the molecule is CC[C@H](C)[C@@H](C)NC(=O)NC[C@@H](O)c1cccs1. The van der Waals surface area contributed by atoms with E-state index in [2.05, 4.69) is 24.5 Å². The molecule has 0 bridgehead atoms. The lowest BCUT2D eigenvalue weighted by molar-refractivity contribution is 0.175. The van der Waals surface area contributed by atoms with Crippen molar-refractivity contribution < 1.29 is 9.90 Å². The quantitative estimate of drug-likeness (QED) is 0.744. The summed E-state index contributed by atoms with van der Waals surface area (Å²) in [6.45, 7) is 6.43. The van der Waals surface area contributed by atoms with Crippen molar-refractivity contribution in [3.63, 3.8) is 0 Å². The van der Waals surface area contributed by atoms with Crippen LogP contribution in [0.5, 0.6) is 0 Å². The molecule has 0 radical (unpaired) electrons. The summed E-state index contributed by atoms with van der Waals surface area (Å²) >= 11 is 1.48. The molecule has 2 amide bonds. The molecule has 102 valence electrons. The fraction of sp³-hybridized carbons (Fsp3) is 0.615. The standard InChI is InChI=1S/C13H22N2O2S/c1-4-9(2)10(3)15-13(17)14-8-11(16)12-6-5-7-18-12/h5-7,9-11,16H,4,8H2,1-3H3,(H2,14,15,17)/t9-,10+,11+/m0/s1. The molecule has 0 aliphatic heterocycles. The topological polar surface area (TPSA) is 61.4 Å². The van der Waals surface area contributed by atoms with Gasteiger partial charge in [-0.25, -0.2) is 4.79 Å². The van der Waals surface area contributed by atoms with Gasteiger partial charge in [-0.2, -0.15) is 0 Å². The second-order valence-electron chi connectivity index (χ2n) is 4.56. The molecule has 1 aromatic rings. The largest absolute Gasteiger partial charge is 0.386 e. The minimum absolute atomic E-state index is 0.133. The number of thiophene rings is 1. The van der Waals surface area contributed by atoms with Gasteiger partial charge in [0.1, 0.15) is 6.10 Å². The lowest BCUT2D eigenvalue weighted by atomic mass is 10.0. The van der Waals surface area contributed by atoms with Gasteiger partial charge in [0.15, 0.2) is 0 Å². The minimum atomic E-state index is -0.630. The highest BCUT2D eigenvalue weighted by Gasteiger charge is 2.14. The molecule has 0 saturated heterocycles. The van der Waals surface area contributed by atoms with Crippen molar-refractivity contribution in [2.24, 2.45) is 5.92 Å². The predicted octanol–water partition coefficient (Wildman–Crippen LogP) is 2.52. The second-order valence-corrected chi connectivity index (χ2v) is 5.54. The highest BCUT2D eigenvalue weighted by atomic mass is 32.1. The van der Waals surface area contributed by atoms with Crippen LogP contribution in [-0.4, -0.2) is 23.7 Å². The molecular formula is C13H22N2O2S. The average molecular weight is 270 g/mol. The third-order valence-electron chi connectivity index (χ3n) is 3.18.